The predicted molar refractivity (Wildman–Crippen MR) is 72.9 cm³/mol. The highest BCUT2D eigenvalue weighted by Crippen LogP contribution is 2.37. The molecule has 0 atom stereocenters. The molecule has 1 amide bonds. The molecule has 0 aliphatic heterocycles. The Hall–Kier alpha value is -1.01. The van der Waals surface area contributed by atoms with Crippen molar-refractivity contribution in [2.75, 3.05) is 6.54 Å². The molecule has 0 spiro atoms. The van der Waals surface area contributed by atoms with Crippen LogP contribution in [0.2, 0.25) is 0 Å². The smallest absolute Gasteiger partial charge is 0.267 e. The van der Waals surface area contributed by atoms with Crippen LogP contribution in [-0.2, 0) is 9.05 Å². The van der Waals surface area contributed by atoms with Crippen LogP contribution in [0.15, 0.2) is 17.2 Å². The molecule has 0 unspecified atom stereocenters. The summed E-state index contributed by atoms with van der Waals surface area (Å²) in [4.78, 5) is 12.1. The maximum absolute atomic E-state index is 12.1. The number of rotatable bonds is 5. The summed E-state index contributed by atoms with van der Waals surface area (Å²) in [5.74, 6) is 0.0803. The van der Waals surface area contributed by atoms with E-state index < -0.39 is 9.05 Å². The number of nitrogens with zero attached hydrogens (tertiary/aromatic N) is 1. The first-order valence-electron chi connectivity index (χ1n) is 6.23. The van der Waals surface area contributed by atoms with Gasteiger partial charge in [0.2, 0.25) is 0 Å². The zero-order chi connectivity index (χ0) is 14.2. The Bertz CT molecular complexity index is 588. The SMILES string of the molecule is CC(C)CNC(=O)c1cc(S(=O)(=O)Cl)cn1C1CC1. The second-order valence-electron chi connectivity index (χ2n) is 5.24. The largest absolute Gasteiger partial charge is 0.351 e. The third-order valence-electron chi connectivity index (χ3n) is 2.95. The lowest BCUT2D eigenvalue weighted by Crippen LogP contribution is -2.29. The minimum Gasteiger partial charge on any atom is -0.351 e. The van der Waals surface area contributed by atoms with E-state index >= 15 is 0 Å². The van der Waals surface area contributed by atoms with E-state index in [1.165, 1.54) is 12.3 Å². The van der Waals surface area contributed by atoms with E-state index in [1.807, 2.05) is 13.8 Å². The van der Waals surface area contributed by atoms with E-state index in [2.05, 4.69) is 5.32 Å². The first-order chi connectivity index (χ1) is 8.79. The summed E-state index contributed by atoms with van der Waals surface area (Å²) in [6.07, 6.45) is 3.37. The Kier molecular flexibility index (Phi) is 3.92. The molecule has 7 heteroatoms. The first kappa shape index (κ1) is 14.4. The molecule has 1 saturated carbocycles. The van der Waals surface area contributed by atoms with E-state index in [1.54, 1.807) is 4.57 Å². The monoisotopic (exact) mass is 304 g/mol. The van der Waals surface area contributed by atoms with Gasteiger partial charge >= 0.3 is 0 Å². The van der Waals surface area contributed by atoms with E-state index in [9.17, 15) is 13.2 Å². The van der Waals surface area contributed by atoms with Crippen LogP contribution in [0.3, 0.4) is 0 Å². The average molecular weight is 305 g/mol. The van der Waals surface area contributed by atoms with Gasteiger partial charge in [-0.2, -0.15) is 0 Å². The second-order valence-corrected chi connectivity index (χ2v) is 7.81. The number of hydrogen-bond acceptors (Lipinski definition) is 3. The molecule has 1 aliphatic carbocycles. The third-order valence-corrected chi connectivity index (χ3v) is 4.27. The van der Waals surface area contributed by atoms with Gasteiger partial charge in [-0.1, -0.05) is 13.8 Å². The molecule has 0 aromatic carbocycles. The lowest BCUT2D eigenvalue weighted by molar-refractivity contribution is 0.0939. The van der Waals surface area contributed by atoms with Crippen molar-refractivity contribution in [3.8, 4) is 0 Å². The Morgan fingerprint density at radius 1 is 1.53 bits per heavy atom. The highest BCUT2D eigenvalue weighted by atomic mass is 35.7. The van der Waals surface area contributed by atoms with Gasteiger partial charge in [-0.25, -0.2) is 8.42 Å². The van der Waals surface area contributed by atoms with Gasteiger partial charge in [0, 0.05) is 29.5 Å². The van der Waals surface area contributed by atoms with Crippen LogP contribution in [0, 0.1) is 5.92 Å². The van der Waals surface area contributed by atoms with Gasteiger partial charge in [0.25, 0.3) is 15.0 Å². The van der Waals surface area contributed by atoms with Crippen molar-refractivity contribution >= 4 is 25.6 Å². The Morgan fingerprint density at radius 2 is 2.16 bits per heavy atom. The normalized spacial score (nSPS) is 15.8. The Balaban J connectivity index is 2.28. The topological polar surface area (TPSA) is 68.2 Å². The summed E-state index contributed by atoms with van der Waals surface area (Å²) in [5.41, 5.74) is 0.363. The van der Waals surface area contributed by atoms with Gasteiger partial charge in [-0.15, -0.1) is 0 Å². The number of carbonyl (C=O) groups is 1. The number of halogens is 1. The summed E-state index contributed by atoms with van der Waals surface area (Å²) in [7, 11) is 1.52. The van der Waals surface area contributed by atoms with E-state index in [-0.39, 0.29) is 16.8 Å². The zero-order valence-electron chi connectivity index (χ0n) is 10.9. The predicted octanol–water partition coefficient (Wildman–Crippen LogP) is 2.14. The van der Waals surface area contributed by atoms with Crippen LogP contribution in [0.5, 0.6) is 0 Å². The van der Waals surface area contributed by atoms with Gasteiger partial charge in [0.05, 0.1) is 0 Å². The quantitative estimate of drug-likeness (QED) is 0.847. The van der Waals surface area contributed by atoms with E-state index in [0.717, 1.165) is 12.8 Å². The maximum atomic E-state index is 12.1. The molecule has 1 heterocycles. The molecule has 1 aromatic rings. The van der Waals surface area contributed by atoms with Crippen LogP contribution in [0.4, 0.5) is 0 Å². The van der Waals surface area contributed by atoms with Crippen LogP contribution >= 0.6 is 10.7 Å². The number of carbonyl (C=O) groups excluding carboxylic acids is 1. The molecule has 2 rings (SSSR count). The van der Waals surface area contributed by atoms with Gasteiger partial charge in [0.15, 0.2) is 0 Å². The minimum atomic E-state index is -3.80. The van der Waals surface area contributed by atoms with Crippen molar-refractivity contribution in [1.29, 1.82) is 0 Å². The van der Waals surface area contributed by atoms with Crippen molar-refractivity contribution in [2.24, 2.45) is 5.92 Å². The van der Waals surface area contributed by atoms with Crippen LogP contribution < -0.4 is 5.32 Å². The zero-order valence-corrected chi connectivity index (χ0v) is 12.5. The van der Waals surface area contributed by atoms with Crippen molar-refractivity contribution in [3.05, 3.63) is 18.0 Å². The molecular formula is C12H17ClN2O3S. The fourth-order valence-corrected chi connectivity index (χ4v) is 2.56. The fourth-order valence-electron chi connectivity index (χ4n) is 1.81. The molecule has 0 saturated heterocycles. The molecule has 1 N–H and O–H groups in total. The Labute approximate surface area is 117 Å². The van der Waals surface area contributed by atoms with Crippen molar-refractivity contribution in [1.82, 2.24) is 9.88 Å². The van der Waals surface area contributed by atoms with Gasteiger partial charge in [-0.05, 0) is 24.8 Å². The molecule has 1 aliphatic rings. The highest BCUT2D eigenvalue weighted by molar-refractivity contribution is 8.13. The number of amides is 1. The fraction of sp³-hybridized carbons (Fsp3) is 0.583. The van der Waals surface area contributed by atoms with Crippen molar-refractivity contribution in [3.63, 3.8) is 0 Å². The summed E-state index contributed by atoms with van der Waals surface area (Å²) >= 11 is 0. The summed E-state index contributed by atoms with van der Waals surface area (Å²) in [6, 6.07) is 1.56. The van der Waals surface area contributed by atoms with Crippen LogP contribution in [0.25, 0.3) is 0 Å². The summed E-state index contributed by atoms with van der Waals surface area (Å²) in [5, 5.41) is 2.79. The van der Waals surface area contributed by atoms with Crippen molar-refractivity contribution in [2.45, 2.75) is 37.6 Å². The van der Waals surface area contributed by atoms with E-state index in [4.69, 9.17) is 10.7 Å². The van der Waals surface area contributed by atoms with Crippen LogP contribution in [-0.4, -0.2) is 25.4 Å². The highest BCUT2D eigenvalue weighted by Gasteiger charge is 2.30. The second kappa shape index (κ2) is 5.17. The Morgan fingerprint density at radius 3 is 2.63 bits per heavy atom. The minimum absolute atomic E-state index is 0.0178. The molecule has 19 heavy (non-hydrogen) atoms. The van der Waals surface area contributed by atoms with Gasteiger partial charge in [-0.3, -0.25) is 4.79 Å². The summed E-state index contributed by atoms with van der Waals surface area (Å²) < 4.78 is 24.4. The maximum Gasteiger partial charge on any atom is 0.267 e. The average Bonchev–Trinajstić information content (AvgIpc) is 3.03. The standard InChI is InChI=1S/C12H17ClN2O3S/c1-8(2)6-14-12(16)11-5-10(19(13,17)18)7-15(11)9-3-4-9/h5,7-9H,3-4,6H2,1-2H3,(H,14,16). The molecule has 5 nitrogen and oxygen atoms in total. The van der Waals surface area contributed by atoms with Gasteiger partial charge < -0.3 is 9.88 Å². The van der Waals surface area contributed by atoms with Crippen LogP contribution in [0.1, 0.15) is 43.2 Å². The molecular weight excluding hydrogens is 288 g/mol. The number of aromatic nitrogens is 1. The van der Waals surface area contributed by atoms with Gasteiger partial charge in [0.1, 0.15) is 10.6 Å². The molecule has 106 valence electrons. The first-order valence-corrected chi connectivity index (χ1v) is 8.54. The summed E-state index contributed by atoms with van der Waals surface area (Å²) in [6.45, 7) is 4.54. The van der Waals surface area contributed by atoms with Crippen molar-refractivity contribution < 1.29 is 13.2 Å². The lowest BCUT2D eigenvalue weighted by atomic mass is 10.2. The molecule has 1 aromatic heterocycles. The lowest BCUT2D eigenvalue weighted by Gasteiger charge is -2.09. The number of nitrogens with one attached hydrogen (secondary N) is 1. The molecule has 0 radical (unpaired) electrons. The molecule has 0 bridgehead atoms. The number of hydrogen-bond donors (Lipinski definition) is 1. The van der Waals surface area contributed by atoms with E-state index in [0.29, 0.717) is 18.2 Å². The third kappa shape index (κ3) is 3.51. The molecule has 1 fully saturated rings.